The lowest BCUT2D eigenvalue weighted by molar-refractivity contribution is -0.0947. The zero-order chi connectivity index (χ0) is 15.8. The van der Waals surface area contributed by atoms with Crippen LogP contribution >= 0.6 is 0 Å². The summed E-state index contributed by atoms with van der Waals surface area (Å²) in [4.78, 5) is 24.8. The summed E-state index contributed by atoms with van der Waals surface area (Å²) >= 11 is 0. The minimum atomic E-state index is -2.15. The normalized spacial score (nSPS) is 33.3. The van der Waals surface area contributed by atoms with Gasteiger partial charge in [0.25, 0.3) is 5.56 Å². The molecule has 0 aromatic carbocycles. The van der Waals surface area contributed by atoms with E-state index in [9.17, 15) is 24.9 Å². The van der Waals surface area contributed by atoms with Crippen LogP contribution in [0.25, 0.3) is 0 Å². The summed E-state index contributed by atoms with van der Waals surface area (Å²) < 4.78 is 6.00. The fourth-order valence-electron chi connectivity index (χ4n) is 2.21. The Morgan fingerprint density at radius 3 is 2.76 bits per heavy atom. The number of rotatable bonds is 2. The van der Waals surface area contributed by atoms with Gasteiger partial charge in [0.15, 0.2) is 6.23 Å². The van der Waals surface area contributed by atoms with Crippen molar-refractivity contribution >= 4 is 0 Å². The maximum absolute atomic E-state index is 11.8. The third kappa shape index (κ3) is 2.50. The van der Waals surface area contributed by atoms with Gasteiger partial charge in [0.2, 0.25) is 5.60 Å². The fourth-order valence-corrected chi connectivity index (χ4v) is 2.21. The molecule has 2 rings (SSSR count). The lowest BCUT2D eigenvalue weighted by atomic mass is 9.93. The summed E-state index contributed by atoms with van der Waals surface area (Å²) in [5, 5.41) is 33.8. The van der Waals surface area contributed by atoms with Gasteiger partial charge in [-0.1, -0.05) is 5.92 Å². The highest BCUT2D eigenvalue weighted by Gasteiger charge is 2.57. The van der Waals surface area contributed by atoms with Gasteiger partial charge in [-0.05, 0) is 13.8 Å². The van der Waals surface area contributed by atoms with E-state index in [1.54, 1.807) is 0 Å². The van der Waals surface area contributed by atoms with E-state index in [4.69, 9.17) is 4.74 Å². The van der Waals surface area contributed by atoms with Gasteiger partial charge in [0, 0.05) is 0 Å². The average molecular weight is 297 g/mol. The molecule has 4 N–H and O–H groups in total. The lowest BCUT2D eigenvalue weighted by Crippen LogP contribution is -2.49. The van der Waals surface area contributed by atoms with E-state index in [-0.39, 0.29) is 0 Å². The SMILES string of the molecule is CC#C[C@@]1(O)C(O)[C@@H]([C@@H](C)O)O[C@H]1n1ncc(=O)[nH]c1=O. The Balaban J connectivity index is 2.56. The molecule has 0 bridgehead atoms. The predicted octanol–water partition coefficient (Wildman–Crippen LogP) is -2.67. The van der Waals surface area contributed by atoms with Crippen LogP contribution in [-0.2, 0) is 4.74 Å². The molecule has 0 spiro atoms. The first kappa shape index (κ1) is 15.4. The molecule has 1 unspecified atom stereocenters. The molecule has 21 heavy (non-hydrogen) atoms. The molecule has 2 heterocycles. The molecular weight excluding hydrogens is 282 g/mol. The van der Waals surface area contributed by atoms with Crippen LogP contribution in [0.2, 0.25) is 0 Å². The molecule has 9 heteroatoms. The monoisotopic (exact) mass is 297 g/mol. The third-order valence-corrected chi connectivity index (χ3v) is 3.19. The Labute approximate surface area is 118 Å². The fraction of sp³-hybridized carbons (Fsp3) is 0.583. The summed E-state index contributed by atoms with van der Waals surface area (Å²) in [5.41, 5.74) is -3.79. The van der Waals surface area contributed by atoms with Gasteiger partial charge < -0.3 is 20.1 Å². The molecule has 1 fully saturated rings. The molecule has 114 valence electrons. The van der Waals surface area contributed by atoms with E-state index in [1.807, 2.05) is 4.98 Å². The number of hydrogen-bond acceptors (Lipinski definition) is 7. The van der Waals surface area contributed by atoms with Crippen LogP contribution < -0.4 is 11.2 Å². The Bertz CT molecular complexity index is 699. The van der Waals surface area contributed by atoms with Crippen LogP contribution in [-0.4, -0.2) is 54.0 Å². The highest BCUT2D eigenvalue weighted by atomic mass is 16.6. The molecule has 5 atom stereocenters. The molecule has 0 radical (unpaired) electrons. The standard InChI is InChI=1S/C12H15N3O6/c1-3-4-12(20)9(18)8(6(2)16)21-10(12)15-11(19)14-7(17)5-13-15/h5-6,8-10,16,18,20H,1-2H3,(H,14,17,19)/t6-,8-,9?,10-,12-/m1/s1. The summed E-state index contributed by atoms with van der Waals surface area (Å²) in [6, 6.07) is 0. The zero-order valence-electron chi connectivity index (χ0n) is 11.3. The van der Waals surface area contributed by atoms with Crippen molar-refractivity contribution in [3.05, 3.63) is 27.0 Å². The molecule has 1 saturated heterocycles. The van der Waals surface area contributed by atoms with Crippen LogP contribution in [0.15, 0.2) is 15.8 Å². The van der Waals surface area contributed by atoms with Crippen molar-refractivity contribution in [2.24, 2.45) is 0 Å². The minimum absolute atomic E-state index is 0.664. The van der Waals surface area contributed by atoms with E-state index >= 15 is 0 Å². The molecular formula is C12H15N3O6. The van der Waals surface area contributed by atoms with Gasteiger partial charge in [0.1, 0.15) is 18.4 Å². The van der Waals surface area contributed by atoms with Crippen molar-refractivity contribution in [3.63, 3.8) is 0 Å². The third-order valence-electron chi connectivity index (χ3n) is 3.19. The molecule has 1 aromatic rings. The molecule has 0 amide bonds. The van der Waals surface area contributed by atoms with Gasteiger partial charge in [-0.15, -0.1) is 5.92 Å². The molecule has 1 aliphatic rings. The number of aliphatic hydroxyl groups is 3. The predicted molar refractivity (Wildman–Crippen MR) is 69.1 cm³/mol. The Morgan fingerprint density at radius 1 is 1.57 bits per heavy atom. The smallest absolute Gasteiger partial charge is 0.347 e. The molecule has 0 aliphatic carbocycles. The van der Waals surface area contributed by atoms with E-state index in [0.29, 0.717) is 4.68 Å². The van der Waals surface area contributed by atoms with Crippen LogP contribution in [0.1, 0.15) is 20.1 Å². The van der Waals surface area contributed by atoms with Crippen molar-refractivity contribution in [2.45, 2.75) is 44.0 Å². The van der Waals surface area contributed by atoms with Gasteiger partial charge in [0.05, 0.1) is 6.10 Å². The number of nitrogens with zero attached hydrogens (tertiary/aromatic N) is 2. The molecule has 1 aliphatic heterocycles. The van der Waals surface area contributed by atoms with E-state index < -0.39 is 41.4 Å². The second-order valence-corrected chi connectivity index (χ2v) is 4.72. The Hall–Kier alpha value is -1.99. The van der Waals surface area contributed by atoms with Crippen LogP contribution in [0, 0.1) is 11.8 Å². The number of H-pyrrole nitrogens is 1. The maximum Gasteiger partial charge on any atom is 0.347 e. The quantitative estimate of drug-likeness (QED) is 0.437. The van der Waals surface area contributed by atoms with Gasteiger partial charge in [-0.3, -0.25) is 9.78 Å². The van der Waals surface area contributed by atoms with Crippen molar-refractivity contribution in [1.29, 1.82) is 0 Å². The number of ether oxygens (including phenoxy) is 1. The molecule has 9 nitrogen and oxygen atoms in total. The van der Waals surface area contributed by atoms with Crippen molar-refractivity contribution in [1.82, 2.24) is 14.8 Å². The van der Waals surface area contributed by atoms with E-state index in [0.717, 1.165) is 6.20 Å². The average Bonchev–Trinajstić information content (AvgIpc) is 2.64. The highest BCUT2D eigenvalue weighted by molar-refractivity contribution is 5.22. The number of aliphatic hydroxyl groups excluding tert-OH is 2. The van der Waals surface area contributed by atoms with Crippen molar-refractivity contribution < 1.29 is 20.1 Å². The Kier molecular flexibility index (Phi) is 3.97. The summed E-state index contributed by atoms with van der Waals surface area (Å²) in [6.07, 6.45) is -4.48. The topological polar surface area (TPSA) is 138 Å². The summed E-state index contributed by atoms with van der Waals surface area (Å²) in [5.74, 6) is 4.81. The Morgan fingerprint density at radius 2 is 2.24 bits per heavy atom. The van der Waals surface area contributed by atoms with Crippen molar-refractivity contribution in [3.8, 4) is 11.8 Å². The van der Waals surface area contributed by atoms with Gasteiger partial charge >= 0.3 is 5.69 Å². The number of hydrogen-bond donors (Lipinski definition) is 4. The number of nitrogens with one attached hydrogen (secondary N) is 1. The largest absolute Gasteiger partial charge is 0.391 e. The van der Waals surface area contributed by atoms with Gasteiger partial charge in [-0.25, -0.2) is 4.79 Å². The van der Waals surface area contributed by atoms with Crippen molar-refractivity contribution in [2.75, 3.05) is 0 Å². The van der Waals surface area contributed by atoms with Crippen LogP contribution in [0.5, 0.6) is 0 Å². The number of aromatic amines is 1. The highest BCUT2D eigenvalue weighted by Crippen LogP contribution is 2.38. The first-order valence-corrected chi connectivity index (χ1v) is 6.17. The van der Waals surface area contributed by atoms with Crippen LogP contribution in [0.4, 0.5) is 0 Å². The molecule has 1 aromatic heterocycles. The van der Waals surface area contributed by atoms with E-state index in [2.05, 4.69) is 16.9 Å². The molecule has 0 saturated carbocycles. The zero-order valence-corrected chi connectivity index (χ0v) is 11.3. The summed E-state index contributed by atoms with van der Waals surface area (Å²) in [6.45, 7) is 2.79. The number of aromatic nitrogens is 3. The second kappa shape index (κ2) is 5.42. The summed E-state index contributed by atoms with van der Waals surface area (Å²) in [7, 11) is 0. The minimum Gasteiger partial charge on any atom is -0.391 e. The first-order chi connectivity index (χ1) is 9.81. The first-order valence-electron chi connectivity index (χ1n) is 6.17. The second-order valence-electron chi connectivity index (χ2n) is 4.72. The van der Waals surface area contributed by atoms with Crippen LogP contribution in [0.3, 0.4) is 0 Å². The maximum atomic E-state index is 11.8. The van der Waals surface area contributed by atoms with E-state index in [1.165, 1.54) is 13.8 Å². The lowest BCUT2D eigenvalue weighted by Gasteiger charge is -2.25. The van der Waals surface area contributed by atoms with Gasteiger partial charge in [-0.2, -0.15) is 9.78 Å².